The van der Waals surface area contributed by atoms with E-state index in [1.54, 1.807) is 22.9 Å². The predicted octanol–water partition coefficient (Wildman–Crippen LogP) is 3.05. The number of carbonyl (C=O) groups is 1. The lowest BCUT2D eigenvalue weighted by molar-refractivity contribution is 0.0949. The molecule has 2 N–H and O–H groups in total. The van der Waals surface area contributed by atoms with Gasteiger partial charge in [0.05, 0.1) is 5.52 Å². The zero-order valence-corrected chi connectivity index (χ0v) is 15.8. The first-order chi connectivity index (χ1) is 13.0. The lowest BCUT2D eigenvalue weighted by atomic mass is 10.0. The van der Waals surface area contributed by atoms with Crippen LogP contribution in [0.3, 0.4) is 0 Å². The number of rotatable bonds is 6. The maximum atomic E-state index is 12.9. The summed E-state index contributed by atoms with van der Waals surface area (Å²) in [4.78, 5) is 25.4. The van der Waals surface area contributed by atoms with Gasteiger partial charge in [0, 0.05) is 36.8 Å². The van der Waals surface area contributed by atoms with Gasteiger partial charge in [0.2, 0.25) is 5.43 Å². The monoisotopic (exact) mass is 384 g/mol. The van der Waals surface area contributed by atoms with Gasteiger partial charge in [0.25, 0.3) is 5.91 Å². The van der Waals surface area contributed by atoms with Crippen molar-refractivity contribution in [1.82, 2.24) is 9.88 Å². The number of hydrogen-bond donors (Lipinski definition) is 2. The average Bonchev–Trinajstić information content (AvgIpc) is 2.68. The molecule has 3 aromatic rings. The molecule has 140 valence electrons. The number of halogens is 1. The van der Waals surface area contributed by atoms with E-state index in [4.69, 9.17) is 16.7 Å². The van der Waals surface area contributed by atoms with Crippen LogP contribution in [0.1, 0.15) is 27.9 Å². The number of carbonyl (C=O) groups excluding carboxylic acids is 1. The molecule has 0 saturated carbocycles. The molecule has 0 bridgehead atoms. The minimum atomic E-state index is -0.409. The van der Waals surface area contributed by atoms with Gasteiger partial charge in [0.15, 0.2) is 0 Å². The van der Waals surface area contributed by atoms with Gasteiger partial charge in [-0.15, -0.1) is 0 Å². The van der Waals surface area contributed by atoms with Gasteiger partial charge < -0.3 is 15.0 Å². The SMILES string of the molecule is Cn1cc(C(=O)NCc2ccc(Cl)cc2)c(=O)c2cc(CCCO)ccc21. The summed E-state index contributed by atoms with van der Waals surface area (Å²) < 4.78 is 1.78. The molecule has 2 aromatic carbocycles. The highest BCUT2D eigenvalue weighted by molar-refractivity contribution is 6.30. The van der Waals surface area contributed by atoms with E-state index in [1.807, 2.05) is 37.4 Å². The molecule has 0 radical (unpaired) electrons. The number of pyridine rings is 1. The highest BCUT2D eigenvalue weighted by Gasteiger charge is 2.15. The molecule has 5 nitrogen and oxygen atoms in total. The van der Waals surface area contributed by atoms with Crippen molar-refractivity contribution < 1.29 is 9.90 Å². The second-order valence-corrected chi connectivity index (χ2v) is 6.91. The fraction of sp³-hybridized carbons (Fsp3) is 0.238. The number of aliphatic hydroxyl groups excluding tert-OH is 1. The van der Waals surface area contributed by atoms with Gasteiger partial charge in [-0.05, 0) is 48.2 Å². The zero-order valence-electron chi connectivity index (χ0n) is 15.0. The van der Waals surface area contributed by atoms with E-state index in [0.717, 1.165) is 16.6 Å². The number of hydrogen-bond acceptors (Lipinski definition) is 3. The minimum absolute atomic E-state index is 0.100. The maximum Gasteiger partial charge on any atom is 0.257 e. The van der Waals surface area contributed by atoms with Gasteiger partial charge in [-0.25, -0.2) is 0 Å². The first-order valence-corrected chi connectivity index (χ1v) is 9.13. The standard InChI is InChI=1S/C21H21ClN2O3/c1-24-13-18(21(27)23-12-15-4-7-16(22)8-5-15)20(26)17-11-14(3-2-10-25)6-9-19(17)24/h4-9,11,13,25H,2-3,10,12H2,1H3,(H,23,27). The third-order valence-electron chi connectivity index (χ3n) is 4.49. The van der Waals surface area contributed by atoms with Gasteiger partial charge in [0.1, 0.15) is 5.56 Å². The Morgan fingerprint density at radius 3 is 2.56 bits per heavy atom. The van der Waals surface area contributed by atoms with Crippen LogP contribution in [0.4, 0.5) is 0 Å². The third-order valence-corrected chi connectivity index (χ3v) is 4.74. The molecule has 3 rings (SSSR count). The van der Waals surface area contributed by atoms with Crippen LogP contribution < -0.4 is 10.7 Å². The molecule has 1 aromatic heterocycles. The fourth-order valence-electron chi connectivity index (χ4n) is 3.02. The van der Waals surface area contributed by atoms with E-state index in [0.29, 0.717) is 29.8 Å². The van der Waals surface area contributed by atoms with Gasteiger partial charge >= 0.3 is 0 Å². The van der Waals surface area contributed by atoms with E-state index in [-0.39, 0.29) is 17.6 Å². The molecule has 0 spiro atoms. The highest BCUT2D eigenvalue weighted by atomic mass is 35.5. The Hall–Kier alpha value is -2.63. The van der Waals surface area contributed by atoms with Crippen molar-refractivity contribution in [3.05, 3.63) is 80.6 Å². The summed E-state index contributed by atoms with van der Waals surface area (Å²) >= 11 is 5.86. The smallest absolute Gasteiger partial charge is 0.257 e. The molecule has 0 unspecified atom stereocenters. The molecule has 1 amide bonds. The molecule has 6 heteroatoms. The summed E-state index contributed by atoms with van der Waals surface area (Å²) in [7, 11) is 1.81. The Morgan fingerprint density at radius 1 is 1.15 bits per heavy atom. The number of aromatic nitrogens is 1. The average molecular weight is 385 g/mol. The quantitative estimate of drug-likeness (QED) is 0.686. The molecule has 0 saturated heterocycles. The fourth-order valence-corrected chi connectivity index (χ4v) is 3.15. The normalized spacial score (nSPS) is 10.9. The second kappa shape index (κ2) is 8.37. The number of nitrogens with one attached hydrogen (secondary N) is 1. The van der Waals surface area contributed by atoms with Crippen molar-refractivity contribution in [3.8, 4) is 0 Å². The predicted molar refractivity (Wildman–Crippen MR) is 107 cm³/mol. The minimum Gasteiger partial charge on any atom is -0.396 e. The number of benzene rings is 2. The number of aliphatic hydroxyl groups is 1. The summed E-state index contributed by atoms with van der Waals surface area (Å²) in [5.41, 5.74) is 2.45. The summed E-state index contributed by atoms with van der Waals surface area (Å²) in [6.45, 7) is 0.414. The molecule has 0 aliphatic carbocycles. The molecule has 27 heavy (non-hydrogen) atoms. The molecule has 0 fully saturated rings. The molecule has 1 heterocycles. The van der Waals surface area contributed by atoms with E-state index in [9.17, 15) is 9.59 Å². The summed E-state index contributed by atoms with van der Waals surface area (Å²) in [5, 5.41) is 12.9. The van der Waals surface area contributed by atoms with Crippen LogP contribution in [0.2, 0.25) is 5.02 Å². The third kappa shape index (κ3) is 4.38. The summed E-state index contributed by atoms with van der Waals surface area (Å²) in [5.74, 6) is -0.409. The molecule has 0 aliphatic heterocycles. The Morgan fingerprint density at radius 2 is 1.85 bits per heavy atom. The Kier molecular flexibility index (Phi) is 5.94. The molecular formula is C21H21ClN2O3. The zero-order chi connectivity index (χ0) is 19.4. The lowest BCUT2D eigenvalue weighted by Crippen LogP contribution is -2.29. The maximum absolute atomic E-state index is 12.9. The Labute approximate surface area is 162 Å². The van der Waals surface area contributed by atoms with Crippen molar-refractivity contribution in [2.75, 3.05) is 6.61 Å². The largest absolute Gasteiger partial charge is 0.396 e. The number of fused-ring (bicyclic) bond motifs is 1. The topological polar surface area (TPSA) is 71.3 Å². The summed E-state index contributed by atoms with van der Waals surface area (Å²) in [6, 6.07) is 12.8. The molecule has 0 aliphatic rings. The Balaban J connectivity index is 1.88. The first-order valence-electron chi connectivity index (χ1n) is 8.75. The van der Waals surface area contributed by atoms with Crippen LogP contribution in [0.15, 0.2) is 53.5 Å². The van der Waals surface area contributed by atoms with Crippen LogP contribution in [0.25, 0.3) is 10.9 Å². The van der Waals surface area contributed by atoms with E-state index >= 15 is 0 Å². The van der Waals surface area contributed by atoms with Crippen molar-refractivity contribution in [2.45, 2.75) is 19.4 Å². The summed E-state index contributed by atoms with van der Waals surface area (Å²) in [6.07, 6.45) is 2.88. The van der Waals surface area contributed by atoms with E-state index < -0.39 is 5.91 Å². The van der Waals surface area contributed by atoms with Crippen molar-refractivity contribution in [3.63, 3.8) is 0 Å². The van der Waals surface area contributed by atoms with Crippen LogP contribution in [-0.4, -0.2) is 22.2 Å². The van der Waals surface area contributed by atoms with Gasteiger partial charge in [-0.2, -0.15) is 0 Å². The van der Waals surface area contributed by atoms with Crippen LogP contribution in [0, 0.1) is 0 Å². The number of nitrogens with zero attached hydrogens (tertiary/aromatic N) is 1. The number of aryl methyl sites for hydroxylation is 2. The molecule has 0 atom stereocenters. The molecular weight excluding hydrogens is 364 g/mol. The van der Waals surface area contributed by atoms with E-state index in [1.165, 1.54) is 0 Å². The van der Waals surface area contributed by atoms with E-state index in [2.05, 4.69) is 5.32 Å². The number of amides is 1. The van der Waals surface area contributed by atoms with Crippen LogP contribution in [0.5, 0.6) is 0 Å². The Bertz CT molecular complexity index is 1030. The van der Waals surface area contributed by atoms with Gasteiger partial charge in [-0.3, -0.25) is 9.59 Å². The van der Waals surface area contributed by atoms with Crippen LogP contribution in [-0.2, 0) is 20.0 Å². The van der Waals surface area contributed by atoms with Crippen molar-refractivity contribution in [2.24, 2.45) is 7.05 Å². The van der Waals surface area contributed by atoms with Crippen LogP contribution >= 0.6 is 11.6 Å². The van der Waals surface area contributed by atoms with Crippen molar-refractivity contribution in [1.29, 1.82) is 0 Å². The van der Waals surface area contributed by atoms with Crippen molar-refractivity contribution >= 4 is 28.4 Å². The first kappa shape index (κ1) is 19.1. The van der Waals surface area contributed by atoms with Gasteiger partial charge in [-0.1, -0.05) is 29.8 Å². The second-order valence-electron chi connectivity index (χ2n) is 6.47. The highest BCUT2D eigenvalue weighted by Crippen LogP contribution is 2.15. The lowest BCUT2D eigenvalue weighted by Gasteiger charge is -2.11.